The number of hydrogen-bond donors (Lipinski definition) is 0. The van der Waals surface area contributed by atoms with E-state index in [-0.39, 0.29) is 0 Å². The molecule has 19 heavy (non-hydrogen) atoms. The molecule has 0 aliphatic rings. The smallest absolute Gasteiger partial charge is 0.314 e. The third kappa shape index (κ3) is 10.3. The molecule has 0 amide bonds. The van der Waals surface area contributed by atoms with E-state index in [0.29, 0.717) is 0 Å². The van der Waals surface area contributed by atoms with Crippen molar-refractivity contribution in [2.75, 3.05) is 0 Å². The maximum Gasteiger partial charge on any atom is 0.314 e. The highest BCUT2D eigenvalue weighted by molar-refractivity contribution is 6.87. The first kappa shape index (κ1) is 19.9. The Morgan fingerprint density at radius 1 is 0.526 bits per heavy atom. The third-order valence-corrected chi connectivity index (χ3v) is 18.2. The van der Waals surface area contributed by atoms with E-state index >= 15 is 0 Å². The molecule has 116 valence electrons. The highest BCUT2D eigenvalue weighted by Crippen LogP contribution is 2.22. The van der Waals surface area contributed by atoms with Crippen LogP contribution in [0.2, 0.25) is 65.5 Å². The van der Waals surface area contributed by atoms with Crippen LogP contribution in [-0.2, 0) is 16.5 Å². The zero-order valence-corrected chi connectivity index (χ0v) is 19.6. The molecular formula is C10H32O4Si5. The summed E-state index contributed by atoms with van der Waals surface area (Å²) in [6, 6.07) is 0. The highest BCUT2D eigenvalue weighted by Gasteiger charge is 2.42. The van der Waals surface area contributed by atoms with E-state index < -0.39 is 43.8 Å². The summed E-state index contributed by atoms with van der Waals surface area (Å²) in [4.78, 5) is 0. The summed E-state index contributed by atoms with van der Waals surface area (Å²) in [5.74, 6) is 0. The van der Waals surface area contributed by atoms with E-state index in [1.165, 1.54) is 0 Å². The zero-order valence-electron chi connectivity index (χ0n) is 14.3. The topological polar surface area (TPSA) is 36.9 Å². The van der Waals surface area contributed by atoms with Gasteiger partial charge in [-0.15, -0.1) is 0 Å². The molecule has 0 atom stereocenters. The van der Waals surface area contributed by atoms with Crippen LogP contribution in [0.1, 0.15) is 0 Å². The first-order valence-corrected chi connectivity index (χ1v) is 21.0. The Bertz CT molecular complexity index is 255. The van der Waals surface area contributed by atoms with Crippen LogP contribution in [0, 0.1) is 0 Å². The molecule has 0 aliphatic heterocycles. The van der Waals surface area contributed by atoms with Gasteiger partial charge in [-0.1, -0.05) is 0 Å². The summed E-state index contributed by atoms with van der Waals surface area (Å²) in [6.45, 7) is 21.4. The van der Waals surface area contributed by atoms with Crippen molar-refractivity contribution < 1.29 is 16.5 Å². The fourth-order valence-corrected chi connectivity index (χ4v) is 22.7. The van der Waals surface area contributed by atoms with Gasteiger partial charge in [-0.3, -0.25) is 0 Å². The standard InChI is InChI=1S/C10H32O4Si5/c1-15(2)11-17(5,6)13-19(9,10)14-18(7,8)12-16(3)4/h15-16H,1-10H3. The Hall–Kier alpha value is 0.924. The van der Waals surface area contributed by atoms with E-state index in [9.17, 15) is 0 Å². The second-order valence-electron chi connectivity index (χ2n) is 6.74. The van der Waals surface area contributed by atoms with Crippen molar-refractivity contribution in [1.29, 1.82) is 0 Å². The number of hydrogen-bond acceptors (Lipinski definition) is 4. The molecular weight excluding hydrogens is 325 g/mol. The van der Waals surface area contributed by atoms with E-state index in [1.54, 1.807) is 0 Å². The second-order valence-corrected chi connectivity index (χ2v) is 22.8. The molecule has 0 N–H and O–H groups in total. The molecule has 9 heteroatoms. The molecule has 0 saturated carbocycles. The van der Waals surface area contributed by atoms with Gasteiger partial charge in [0, 0.05) is 0 Å². The SMILES string of the molecule is C[SiH](C)O[Si](C)(C)O[Si](C)(C)O[Si](C)(C)O[SiH](C)C. The van der Waals surface area contributed by atoms with Crippen LogP contribution in [0.3, 0.4) is 0 Å². The number of rotatable bonds is 8. The maximum absolute atomic E-state index is 6.29. The van der Waals surface area contributed by atoms with Crippen molar-refractivity contribution in [1.82, 2.24) is 0 Å². The van der Waals surface area contributed by atoms with Crippen LogP contribution < -0.4 is 0 Å². The summed E-state index contributed by atoms with van der Waals surface area (Å²) < 4.78 is 24.7. The van der Waals surface area contributed by atoms with Gasteiger partial charge in [-0.2, -0.15) is 0 Å². The normalized spacial score (nSPS) is 14.5. The van der Waals surface area contributed by atoms with E-state index in [0.717, 1.165) is 0 Å². The molecule has 0 aromatic rings. The van der Waals surface area contributed by atoms with Gasteiger partial charge in [-0.05, 0) is 65.5 Å². The quantitative estimate of drug-likeness (QED) is 0.626. The first-order valence-electron chi connectivity index (χ1n) is 7.01. The predicted molar refractivity (Wildman–Crippen MR) is 94.5 cm³/mol. The third-order valence-electron chi connectivity index (χ3n) is 2.02. The molecule has 0 unspecified atom stereocenters. The summed E-state index contributed by atoms with van der Waals surface area (Å²) in [5.41, 5.74) is 0. The van der Waals surface area contributed by atoms with Gasteiger partial charge in [-0.25, -0.2) is 0 Å². The van der Waals surface area contributed by atoms with Gasteiger partial charge in [0.1, 0.15) is 0 Å². The van der Waals surface area contributed by atoms with Crippen molar-refractivity contribution in [2.24, 2.45) is 0 Å². The molecule has 0 fully saturated rings. The minimum atomic E-state index is -2.19. The van der Waals surface area contributed by atoms with Gasteiger partial charge >= 0.3 is 25.7 Å². The van der Waals surface area contributed by atoms with Gasteiger partial charge in [0.2, 0.25) is 0 Å². The average molecular weight is 357 g/mol. The first-order chi connectivity index (χ1) is 8.25. The van der Waals surface area contributed by atoms with Crippen molar-refractivity contribution in [3.05, 3.63) is 0 Å². The predicted octanol–water partition coefficient (Wildman–Crippen LogP) is 3.13. The molecule has 0 spiro atoms. The Morgan fingerprint density at radius 2 is 0.789 bits per heavy atom. The zero-order chi connectivity index (χ0) is 15.5. The molecule has 0 radical (unpaired) electrons. The molecule has 0 aromatic carbocycles. The fourth-order valence-electron chi connectivity index (χ4n) is 2.39. The minimum Gasteiger partial charge on any atom is -0.440 e. The van der Waals surface area contributed by atoms with Crippen LogP contribution >= 0.6 is 0 Å². The van der Waals surface area contributed by atoms with Crippen molar-refractivity contribution in [2.45, 2.75) is 65.5 Å². The van der Waals surface area contributed by atoms with Crippen LogP contribution in [0.5, 0.6) is 0 Å². The monoisotopic (exact) mass is 356 g/mol. The lowest BCUT2D eigenvalue weighted by molar-refractivity contribution is 0.304. The summed E-state index contributed by atoms with van der Waals surface area (Å²) in [7, 11) is -8.46. The highest BCUT2D eigenvalue weighted by atomic mass is 28.5. The van der Waals surface area contributed by atoms with E-state index in [2.05, 4.69) is 65.5 Å². The molecule has 0 bridgehead atoms. The summed E-state index contributed by atoms with van der Waals surface area (Å²) >= 11 is 0. The maximum atomic E-state index is 6.29. The van der Waals surface area contributed by atoms with Crippen molar-refractivity contribution >= 4 is 43.8 Å². The molecule has 4 nitrogen and oxygen atoms in total. The van der Waals surface area contributed by atoms with Crippen LogP contribution in [0.4, 0.5) is 0 Å². The van der Waals surface area contributed by atoms with Crippen molar-refractivity contribution in [3.8, 4) is 0 Å². The van der Waals surface area contributed by atoms with Gasteiger partial charge in [0.15, 0.2) is 18.1 Å². The Balaban J connectivity index is 4.62. The summed E-state index contributed by atoms with van der Waals surface area (Å²) in [5, 5.41) is 0. The lowest BCUT2D eigenvalue weighted by Crippen LogP contribution is -2.55. The van der Waals surface area contributed by atoms with Gasteiger partial charge in [0.05, 0.1) is 0 Å². The lowest BCUT2D eigenvalue weighted by Gasteiger charge is -2.39. The second kappa shape index (κ2) is 7.27. The average Bonchev–Trinajstić information content (AvgIpc) is 1.89. The minimum absolute atomic E-state index is 1.07. The van der Waals surface area contributed by atoms with Crippen LogP contribution in [-0.4, -0.2) is 43.8 Å². The molecule has 0 saturated heterocycles. The van der Waals surface area contributed by atoms with Gasteiger partial charge < -0.3 is 16.5 Å². The molecule has 0 aliphatic carbocycles. The van der Waals surface area contributed by atoms with Crippen LogP contribution in [0.15, 0.2) is 0 Å². The van der Waals surface area contributed by atoms with E-state index in [1.807, 2.05) is 0 Å². The summed E-state index contributed by atoms with van der Waals surface area (Å²) in [6.07, 6.45) is 0. The Labute approximate surface area is 126 Å². The van der Waals surface area contributed by atoms with Crippen molar-refractivity contribution in [3.63, 3.8) is 0 Å². The molecule has 0 aromatic heterocycles. The van der Waals surface area contributed by atoms with Crippen LogP contribution in [0.25, 0.3) is 0 Å². The fraction of sp³-hybridized carbons (Fsp3) is 1.00. The van der Waals surface area contributed by atoms with Gasteiger partial charge in [0.25, 0.3) is 0 Å². The molecule has 0 rings (SSSR count). The lowest BCUT2D eigenvalue weighted by atomic mass is 11.9. The van der Waals surface area contributed by atoms with E-state index in [4.69, 9.17) is 16.5 Å². The molecule has 0 heterocycles. The Morgan fingerprint density at radius 3 is 1.00 bits per heavy atom. The Kier molecular flexibility index (Phi) is 7.62. The largest absolute Gasteiger partial charge is 0.440 e.